The fourth-order valence-electron chi connectivity index (χ4n) is 2.75. The van der Waals surface area contributed by atoms with Crippen LogP contribution in [0.3, 0.4) is 0 Å². The van der Waals surface area contributed by atoms with Crippen molar-refractivity contribution < 1.29 is 0 Å². The zero-order valence-electron chi connectivity index (χ0n) is 11.0. The highest BCUT2D eigenvalue weighted by atomic mass is 15.1. The average molecular weight is 251 g/mol. The molecular formula is C16H17N3. The van der Waals surface area contributed by atoms with Crippen LogP contribution in [0.1, 0.15) is 18.9 Å². The SMILES string of the molecule is CC1(Nc2ccc(C#N)c3ccccc23)CCNC1. The normalized spacial score (nSPS) is 22.3. The minimum Gasteiger partial charge on any atom is -0.378 e. The van der Waals surface area contributed by atoms with Gasteiger partial charge >= 0.3 is 0 Å². The van der Waals surface area contributed by atoms with Crippen molar-refractivity contribution in [2.45, 2.75) is 18.9 Å². The van der Waals surface area contributed by atoms with Gasteiger partial charge in [-0.3, -0.25) is 0 Å². The molecule has 1 atom stereocenters. The zero-order chi connectivity index (χ0) is 13.3. The second-order valence-electron chi connectivity index (χ2n) is 5.43. The lowest BCUT2D eigenvalue weighted by Gasteiger charge is -2.27. The Bertz CT molecular complexity index is 649. The molecule has 0 amide bonds. The van der Waals surface area contributed by atoms with E-state index in [2.05, 4.69) is 29.7 Å². The van der Waals surface area contributed by atoms with Gasteiger partial charge in [0.05, 0.1) is 11.6 Å². The summed E-state index contributed by atoms with van der Waals surface area (Å²) in [7, 11) is 0. The predicted octanol–water partition coefficient (Wildman–Crippen LogP) is 2.88. The summed E-state index contributed by atoms with van der Waals surface area (Å²) in [6, 6.07) is 14.3. The smallest absolute Gasteiger partial charge is 0.0998 e. The number of nitrogens with zero attached hydrogens (tertiary/aromatic N) is 1. The number of fused-ring (bicyclic) bond motifs is 1. The molecule has 1 heterocycles. The van der Waals surface area contributed by atoms with Gasteiger partial charge in [-0.05, 0) is 32.0 Å². The largest absolute Gasteiger partial charge is 0.378 e. The minimum absolute atomic E-state index is 0.0942. The fraction of sp³-hybridized carbons (Fsp3) is 0.312. The average Bonchev–Trinajstić information content (AvgIpc) is 2.86. The van der Waals surface area contributed by atoms with Crippen molar-refractivity contribution in [3.8, 4) is 6.07 Å². The Morgan fingerprint density at radius 2 is 2.00 bits per heavy atom. The first kappa shape index (κ1) is 12.0. The van der Waals surface area contributed by atoms with E-state index in [1.807, 2.05) is 30.3 Å². The maximum absolute atomic E-state index is 9.18. The molecule has 0 saturated carbocycles. The second kappa shape index (κ2) is 4.56. The van der Waals surface area contributed by atoms with E-state index in [0.717, 1.165) is 41.5 Å². The Hall–Kier alpha value is -2.05. The predicted molar refractivity (Wildman–Crippen MR) is 78.2 cm³/mol. The number of rotatable bonds is 2. The summed E-state index contributed by atoms with van der Waals surface area (Å²) in [5.74, 6) is 0. The molecule has 1 fully saturated rings. The van der Waals surface area contributed by atoms with Gasteiger partial charge in [0.1, 0.15) is 0 Å². The summed E-state index contributed by atoms with van der Waals surface area (Å²) < 4.78 is 0. The monoisotopic (exact) mass is 251 g/mol. The number of anilines is 1. The van der Waals surface area contributed by atoms with Crippen molar-refractivity contribution in [2.75, 3.05) is 18.4 Å². The van der Waals surface area contributed by atoms with Crippen LogP contribution in [0.5, 0.6) is 0 Å². The van der Waals surface area contributed by atoms with Gasteiger partial charge in [0.25, 0.3) is 0 Å². The third-order valence-electron chi connectivity index (χ3n) is 3.85. The number of benzene rings is 2. The van der Waals surface area contributed by atoms with Gasteiger partial charge in [-0.2, -0.15) is 5.26 Å². The molecule has 96 valence electrons. The number of nitrogens with one attached hydrogen (secondary N) is 2. The number of hydrogen-bond acceptors (Lipinski definition) is 3. The van der Waals surface area contributed by atoms with Gasteiger partial charge in [-0.1, -0.05) is 24.3 Å². The molecule has 1 aliphatic heterocycles. The molecule has 2 aromatic rings. The zero-order valence-corrected chi connectivity index (χ0v) is 11.0. The lowest BCUT2D eigenvalue weighted by Crippen LogP contribution is -2.36. The van der Waals surface area contributed by atoms with Gasteiger partial charge in [-0.15, -0.1) is 0 Å². The summed E-state index contributed by atoms with van der Waals surface area (Å²) in [4.78, 5) is 0. The molecule has 1 unspecified atom stereocenters. The second-order valence-corrected chi connectivity index (χ2v) is 5.43. The molecule has 19 heavy (non-hydrogen) atoms. The van der Waals surface area contributed by atoms with E-state index in [1.165, 1.54) is 0 Å². The van der Waals surface area contributed by atoms with Crippen LogP contribution in [0.2, 0.25) is 0 Å². The summed E-state index contributed by atoms with van der Waals surface area (Å²) in [5.41, 5.74) is 1.94. The molecule has 2 aromatic carbocycles. The molecule has 3 nitrogen and oxygen atoms in total. The van der Waals surface area contributed by atoms with E-state index in [0.29, 0.717) is 0 Å². The highest BCUT2D eigenvalue weighted by molar-refractivity contribution is 5.97. The van der Waals surface area contributed by atoms with Crippen molar-refractivity contribution in [3.05, 3.63) is 42.0 Å². The van der Waals surface area contributed by atoms with E-state index in [-0.39, 0.29) is 5.54 Å². The molecule has 0 aromatic heterocycles. The van der Waals surface area contributed by atoms with Gasteiger partial charge in [0, 0.05) is 28.5 Å². The standard InChI is InChI=1S/C16H17N3/c1-16(8-9-18-11-16)19-15-7-6-12(10-17)13-4-2-3-5-14(13)15/h2-7,18-19H,8-9,11H2,1H3. The number of hydrogen-bond donors (Lipinski definition) is 2. The molecule has 3 rings (SSSR count). The van der Waals surface area contributed by atoms with Crippen molar-refractivity contribution in [1.29, 1.82) is 5.26 Å². The lowest BCUT2D eigenvalue weighted by molar-refractivity contribution is 0.568. The molecule has 0 radical (unpaired) electrons. The third-order valence-corrected chi connectivity index (χ3v) is 3.85. The highest BCUT2D eigenvalue weighted by Gasteiger charge is 2.28. The summed E-state index contributed by atoms with van der Waals surface area (Å²) in [6.07, 6.45) is 1.11. The molecule has 2 N–H and O–H groups in total. The Balaban J connectivity index is 2.07. The van der Waals surface area contributed by atoms with Gasteiger partial charge in [0.15, 0.2) is 0 Å². The van der Waals surface area contributed by atoms with Crippen LogP contribution in [0.15, 0.2) is 36.4 Å². The lowest BCUT2D eigenvalue weighted by atomic mass is 9.98. The van der Waals surface area contributed by atoms with Crippen LogP contribution in [0.25, 0.3) is 10.8 Å². The van der Waals surface area contributed by atoms with E-state index in [9.17, 15) is 5.26 Å². The summed E-state index contributed by atoms with van der Waals surface area (Å²) in [6.45, 7) is 4.26. The molecule has 0 aliphatic carbocycles. The molecule has 0 bridgehead atoms. The van der Waals surface area contributed by atoms with E-state index >= 15 is 0 Å². The van der Waals surface area contributed by atoms with E-state index in [4.69, 9.17) is 0 Å². The first-order valence-electron chi connectivity index (χ1n) is 6.63. The maximum atomic E-state index is 9.18. The summed E-state index contributed by atoms with van der Waals surface area (Å²) in [5, 5.41) is 18.3. The van der Waals surface area contributed by atoms with Crippen LogP contribution in [-0.2, 0) is 0 Å². The van der Waals surface area contributed by atoms with Crippen LogP contribution < -0.4 is 10.6 Å². The van der Waals surface area contributed by atoms with E-state index in [1.54, 1.807) is 0 Å². The molecule has 3 heteroatoms. The first-order valence-corrected chi connectivity index (χ1v) is 6.63. The van der Waals surface area contributed by atoms with Crippen molar-refractivity contribution >= 4 is 16.5 Å². The van der Waals surface area contributed by atoms with Crippen molar-refractivity contribution in [2.24, 2.45) is 0 Å². The molecule has 1 saturated heterocycles. The highest BCUT2D eigenvalue weighted by Crippen LogP contribution is 2.30. The molecular weight excluding hydrogens is 234 g/mol. The number of nitriles is 1. The first-order chi connectivity index (χ1) is 9.22. The fourth-order valence-corrected chi connectivity index (χ4v) is 2.75. The van der Waals surface area contributed by atoms with Gasteiger partial charge < -0.3 is 10.6 Å². The van der Waals surface area contributed by atoms with Gasteiger partial charge in [0.2, 0.25) is 0 Å². The topological polar surface area (TPSA) is 47.9 Å². The van der Waals surface area contributed by atoms with Crippen molar-refractivity contribution in [3.63, 3.8) is 0 Å². The van der Waals surface area contributed by atoms with Gasteiger partial charge in [-0.25, -0.2) is 0 Å². The van der Waals surface area contributed by atoms with Crippen LogP contribution >= 0.6 is 0 Å². The Morgan fingerprint density at radius 1 is 1.21 bits per heavy atom. The van der Waals surface area contributed by atoms with Crippen LogP contribution in [-0.4, -0.2) is 18.6 Å². The maximum Gasteiger partial charge on any atom is 0.0998 e. The Morgan fingerprint density at radius 3 is 2.68 bits per heavy atom. The Labute approximate surface area is 113 Å². The summed E-state index contributed by atoms with van der Waals surface area (Å²) >= 11 is 0. The minimum atomic E-state index is 0.0942. The Kier molecular flexibility index (Phi) is 2.88. The molecule has 0 spiro atoms. The van der Waals surface area contributed by atoms with Crippen LogP contribution in [0.4, 0.5) is 5.69 Å². The van der Waals surface area contributed by atoms with Crippen LogP contribution in [0, 0.1) is 11.3 Å². The quantitative estimate of drug-likeness (QED) is 0.862. The van der Waals surface area contributed by atoms with E-state index < -0.39 is 0 Å². The van der Waals surface area contributed by atoms with Crippen molar-refractivity contribution in [1.82, 2.24) is 5.32 Å². The molecule has 1 aliphatic rings. The third kappa shape index (κ3) is 2.16.